The monoisotopic (exact) mass is 275 g/mol. The van der Waals surface area contributed by atoms with Gasteiger partial charge < -0.3 is 10.1 Å². The molecule has 1 N–H and O–H groups in total. The normalized spacial score (nSPS) is 17.5. The Kier molecular flexibility index (Phi) is 6.06. The third kappa shape index (κ3) is 4.32. The molecule has 1 aromatic carbocycles. The lowest BCUT2D eigenvalue weighted by atomic mass is 9.79. The smallest absolute Gasteiger partial charge is 0.0587 e. The zero-order valence-electron chi connectivity index (χ0n) is 13.1. The molecule has 2 heteroatoms. The molecule has 2 nitrogen and oxygen atoms in total. The Labute approximate surface area is 123 Å². The maximum atomic E-state index is 5.12. The first-order valence-corrected chi connectivity index (χ1v) is 8.05. The fourth-order valence-electron chi connectivity index (χ4n) is 3.39. The second-order valence-electron chi connectivity index (χ2n) is 6.22. The highest BCUT2D eigenvalue weighted by molar-refractivity contribution is 5.23. The van der Waals surface area contributed by atoms with Crippen molar-refractivity contribution in [2.24, 2.45) is 5.41 Å². The van der Waals surface area contributed by atoms with Crippen LogP contribution in [-0.2, 0) is 17.6 Å². The number of methoxy groups -OCH3 is 1. The van der Waals surface area contributed by atoms with E-state index in [1.165, 1.54) is 43.2 Å². The standard InChI is InChI=1S/C18H29NO/c1-3-16-6-8-17(9-7-16)14-18(10-4-5-11-18)15-19-12-13-20-2/h6-9,19H,3-5,10-15H2,1-2H3. The van der Waals surface area contributed by atoms with E-state index in [1.807, 2.05) is 0 Å². The summed E-state index contributed by atoms with van der Waals surface area (Å²) in [5.41, 5.74) is 3.41. The van der Waals surface area contributed by atoms with Crippen LogP contribution in [0.25, 0.3) is 0 Å². The number of hydrogen-bond donors (Lipinski definition) is 1. The fourth-order valence-corrected chi connectivity index (χ4v) is 3.39. The molecule has 0 saturated heterocycles. The molecular formula is C18H29NO. The predicted molar refractivity (Wildman–Crippen MR) is 85.2 cm³/mol. The lowest BCUT2D eigenvalue weighted by Crippen LogP contribution is -2.35. The van der Waals surface area contributed by atoms with Crippen LogP contribution in [0.2, 0.25) is 0 Å². The molecule has 1 saturated carbocycles. The number of aryl methyl sites for hydroxylation is 1. The minimum atomic E-state index is 0.474. The molecule has 20 heavy (non-hydrogen) atoms. The minimum Gasteiger partial charge on any atom is -0.383 e. The van der Waals surface area contributed by atoms with Gasteiger partial charge in [0.25, 0.3) is 0 Å². The molecule has 1 aromatic rings. The highest BCUT2D eigenvalue weighted by Crippen LogP contribution is 2.40. The van der Waals surface area contributed by atoms with Crippen molar-refractivity contribution in [3.8, 4) is 0 Å². The van der Waals surface area contributed by atoms with Crippen LogP contribution in [0.5, 0.6) is 0 Å². The molecule has 0 heterocycles. The van der Waals surface area contributed by atoms with E-state index in [0.29, 0.717) is 5.41 Å². The van der Waals surface area contributed by atoms with E-state index in [4.69, 9.17) is 4.74 Å². The summed E-state index contributed by atoms with van der Waals surface area (Å²) in [5, 5.41) is 3.59. The van der Waals surface area contributed by atoms with Gasteiger partial charge >= 0.3 is 0 Å². The molecule has 0 amide bonds. The van der Waals surface area contributed by atoms with Crippen LogP contribution >= 0.6 is 0 Å². The molecule has 1 aliphatic rings. The summed E-state index contributed by atoms with van der Waals surface area (Å²) in [6.07, 6.45) is 7.85. The van der Waals surface area contributed by atoms with Crippen molar-refractivity contribution in [3.05, 3.63) is 35.4 Å². The van der Waals surface area contributed by atoms with Gasteiger partial charge in [-0.15, -0.1) is 0 Å². The lowest BCUT2D eigenvalue weighted by Gasteiger charge is -2.29. The van der Waals surface area contributed by atoms with Crippen molar-refractivity contribution in [1.29, 1.82) is 0 Å². The molecule has 0 spiro atoms. The van der Waals surface area contributed by atoms with Crippen molar-refractivity contribution in [2.75, 3.05) is 26.8 Å². The quantitative estimate of drug-likeness (QED) is 0.732. The minimum absolute atomic E-state index is 0.474. The largest absolute Gasteiger partial charge is 0.383 e. The molecule has 1 fully saturated rings. The van der Waals surface area contributed by atoms with Gasteiger partial charge in [-0.3, -0.25) is 0 Å². The SMILES string of the molecule is CCc1ccc(CC2(CNCCOC)CCCC2)cc1. The molecule has 0 unspecified atom stereocenters. The van der Waals surface area contributed by atoms with Crippen LogP contribution in [0.15, 0.2) is 24.3 Å². The molecule has 0 aromatic heterocycles. The van der Waals surface area contributed by atoms with E-state index in [-0.39, 0.29) is 0 Å². The van der Waals surface area contributed by atoms with Crippen molar-refractivity contribution in [3.63, 3.8) is 0 Å². The first-order chi connectivity index (χ1) is 9.78. The zero-order valence-corrected chi connectivity index (χ0v) is 13.1. The van der Waals surface area contributed by atoms with E-state index in [1.54, 1.807) is 7.11 Å². The van der Waals surface area contributed by atoms with Gasteiger partial charge in [0.05, 0.1) is 6.61 Å². The average Bonchev–Trinajstić information content (AvgIpc) is 2.93. The van der Waals surface area contributed by atoms with Crippen molar-refractivity contribution >= 4 is 0 Å². The zero-order chi connectivity index (χ0) is 14.3. The molecule has 0 atom stereocenters. The number of rotatable bonds is 8. The highest BCUT2D eigenvalue weighted by Gasteiger charge is 2.33. The number of benzene rings is 1. The third-order valence-corrected chi connectivity index (χ3v) is 4.66. The van der Waals surface area contributed by atoms with Crippen molar-refractivity contribution in [2.45, 2.75) is 45.4 Å². The van der Waals surface area contributed by atoms with E-state index in [9.17, 15) is 0 Å². The maximum Gasteiger partial charge on any atom is 0.0587 e. The van der Waals surface area contributed by atoms with Crippen molar-refractivity contribution in [1.82, 2.24) is 5.32 Å². The molecular weight excluding hydrogens is 246 g/mol. The molecule has 1 aliphatic carbocycles. The molecule has 0 bridgehead atoms. The first kappa shape index (κ1) is 15.5. The van der Waals surface area contributed by atoms with Gasteiger partial charge in [-0.25, -0.2) is 0 Å². The van der Waals surface area contributed by atoms with Gasteiger partial charge in [0, 0.05) is 20.2 Å². The van der Waals surface area contributed by atoms with Crippen LogP contribution < -0.4 is 5.32 Å². The summed E-state index contributed by atoms with van der Waals surface area (Å²) in [5.74, 6) is 0. The topological polar surface area (TPSA) is 21.3 Å². The van der Waals surface area contributed by atoms with Gasteiger partial charge in [-0.2, -0.15) is 0 Å². The van der Waals surface area contributed by atoms with Gasteiger partial charge in [-0.1, -0.05) is 44.0 Å². The van der Waals surface area contributed by atoms with Gasteiger partial charge in [-0.05, 0) is 42.2 Å². The Balaban J connectivity index is 1.93. The third-order valence-electron chi connectivity index (χ3n) is 4.66. The van der Waals surface area contributed by atoms with Gasteiger partial charge in [0.1, 0.15) is 0 Å². The fraction of sp³-hybridized carbons (Fsp3) is 0.667. The lowest BCUT2D eigenvalue weighted by molar-refractivity contribution is 0.190. The summed E-state index contributed by atoms with van der Waals surface area (Å²) in [6.45, 7) is 5.12. The Bertz CT molecular complexity index is 379. The number of hydrogen-bond acceptors (Lipinski definition) is 2. The molecule has 2 rings (SSSR count). The average molecular weight is 275 g/mol. The van der Waals surface area contributed by atoms with Crippen molar-refractivity contribution < 1.29 is 4.74 Å². The van der Waals surface area contributed by atoms with Crippen LogP contribution in [0, 0.1) is 5.41 Å². The summed E-state index contributed by atoms with van der Waals surface area (Å²) in [7, 11) is 1.77. The Hall–Kier alpha value is -0.860. The van der Waals surface area contributed by atoms with Gasteiger partial charge in [0.2, 0.25) is 0 Å². The van der Waals surface area contributed by atoms with E-state index in [0.717, 1.165) is 26.1 Å². The second kappa shape index (κ2) is 7.80. The van der Waals surface area contributed by atoms with E-state index < -0.39 is 0 Å². The summed E-state index contributed by atoms with van der Waals surface area (Å²) < 4.78 is 5.12. The summed E-state index contributed by atoms with van der Waals surface area (Å²) in [4.78, 5) is 0. The number of nitrogens with one attached hydrogen (secondary N) is 1. The summed E-state index contributed by atoms with van der Waals surface area (Å²) >= 11 is 0. The summed E-state index contributed by atoms with van der Waals surface area (Å²) in [6, 6.07) is 9.23. The molecule has 112 valence electrons. The van der Waals surface area contributed by atoms with Gasteiger partial charge in [0.15, 0.2) is 0 Å². The predicted octanol–water partition coefficient (Wildman–Crippen LogP) is 3.59. The molecule has 0 aliphatic heterocycles. The Morgan fingerprint density at radius 2 is 1.75 bits per heavy atom. The van der Waals surface area contributed by atoms with Crippen LogP contribution in [0.3, 0.4) is 0 Å². The van der Waals surface area contributed by atoms with E-state index >= 15 is 0 Å². The Morgan fingerprint density at radius 1 is 1.10 bits per heavy atom. The van der Waals surface area contributed by atoms with Crippen LogP contribution in [0.4, 0.5) is 0 Å². The maximum absolute atomic E-state index is 5.12. The molecule has 0 radical (unpaired) electrons. The Morgan fingerprint density at radius 3 is 2.35 bits per heavy atom. The van der Waals surface area contributed by atoms with Crippen LogP contribution in [0.1, 0.15) is 43.7 Å². The highest BCUT2D eigenvalue weighted by atomic mass is 16.5. The first-order valence-electron chi connectivity index (χ1n) is 8.05. The number of ether oxygens (including phenoxy) is 1. The van der Waals surface area contributed by atoms with Crippen LogP contribution in [-0.4, -0.2) is 26.8 Å². The second-order valence-corrected chi connectivity index (χ2v) is 6.22. The van der Waals surface area contributed by atoms with E-state index in [2.05, 4.69) is 36.5 Å².